The molecule has 1 aromatic carbocycles. The first kappa shape index (κ1) is 9.97. The molecular weight excluding hydrogens is 158 g/mol. The highest BCUT2D eigenvalue weighted by molar-refractivity contribution is 5.57. The van der Waals surface area contributed by atoms with Crippen LogP contribution < -0.4 is 0 Å². The second kappa shape index (κ2) is 5.52. The number of aliphatic imine (C=N–C) groups is 1. The minimum atomic E-state index is 0.427. The van der Waals surface area contributed by atoms with Crippen molar-refractivity contribution in [3.05, 3.63) is 35.9 Å². The quantitative estimate of drug-likeness (QED) is 0.623. The Kier molecular flexibility index (Phi) is 4.24. The van der Waals surface area contributed by atoms with Gasteiger partial charge in [-0.1, -0.05) is 30.3 Å². The second-order valence-electron chi connectivity index (χ2n) is 3.45. The maximum atomic E-state index is 4.31. The van der Waals surface area contributed by atoms with E-state index in [0.717, 1.165) is 12.8 Å². The van der Waals surface area contributed by atoms with E-state index in [4.69, 9.17) is 0 Å². The predicted molar refractivity (Wildman–Crippen MR) is 58.4 cm³/mol. The van der Waals surface area contributed by atoms with Crippen LogP contribution in [0.1, 0.15) is 25.8 Å². The minimum Gasteiger partial charge on any atom is -0.295 e. The Balaban J connectivity index is 2.28. The Morgan fingerprint density at radius 1 is 1.23 bits per heavy atom. The summed E-state index contributed by atoms with van der Waals surface area (Å²) in [7, 11) is 0. The Bertz CT molecular complexity index is 249. The van der Waals surface area contributed by atoms with E-state index in [1.807, 2.05) is 12.3 Å². The number of rotatable bonds is 4. The zero-order valence-corrected chi connectivity index (χ0v) is 8.40. The van der Waals surface area contributed by atoms with Gasteiger partial charge in [0.05, 0.1) is 0 Å². The van der Waals surface area contributed by atoms with E-state index < -0.39 is 0 Å². The summed E-state index contributed by atoms with van der Waals surface area (Å²) >= 11 is 0. The lowest BCUT2D eigenvalue weighted by Crippen LogP contribution is -1.91. The van der Waals surface area contributed by atoms with Crippen molar-refractivity contribution in [2.24, 2.45) is 4.99 Å². The van der Waals surface area contributed by atoms with Gasteiger partial charge in [0.15, 0.2) is 0 Å². The van der Waals surface area contributed by atoms with E-state index in [1.54, 1.807) is 0 Å². The summed E-state index contributed by atoms with van der Waals surface area (Å²) in [4.78, 5) is 4.31. The average Bonchev–Trinajstić information content (AvgIpc) is 2.14. The molecule has 0 bridgehead atoms. The van der Waals surface area contributed by atoms with Crippen molar-refractivity contribution in [3.8, 4) is 0 Å². The Hall–Kier alpha value is -1.11. The molecule has 70 valence electrons. The monoisotopic (exact) mass is 175 g/mol. The molecule has 0 fully saturated rings. The highest BCUT2D eigenvalue weighted by Gasteiger charge is 1.89. The van der Waals surface area contributed by atoms with Crippen molar-refractivity contribution in [1.29, 1.82) is 0 Å². The van der Waals surface area contributed by atoms with Gasteiger partial charge in [0.1, 0.15) is 0 Å². The molecule has 1 heteroatoms. The summed E-state index contributed by atoms with van der Waals surface area (Å²) in [6.45, 7) is 4.19. The molecule has 0 aliphatic carbocycles. The van der Waals surface area contributed by atoms with Gasteiger partial charge in [0.2, 0.25) is 0 Å². The lowest BCUT2D eigenvalue weighted by Gasteiger charge is -1.97. The van der Waals surface area contributed by atoms with Gasteiger partial charge in [0, 0.05) is 6.04 Å². The largest absolute Gasteiger partial charge is 0.295 e. The molecule has 13 heavy (non-hydrogen) atoms. The summed E-state index contributed by atoms with van der Waals surface area (Å²) in [5, 5.41) is 0. The van der Waals surface area contributed by atoms with Crippen molar-refractivity contribution in [1.82, 2.24) is 0 Å². The van der Waals surface area contributed by atoms with Gasteiger partial charge in [-0.25, -0.2) is 0 Å². The summed E-state index contributed by atoms with van der Waals surface area (Å²) in [6, 6.07) is 10.9. The molecule has 0 aromatic heterocycles. The third-order valence-electron chi connectivity index (χ3n) is 1.81. The molecule has 0 atom stereocenters. The molecule has 0 aliphatic heterocycles. The summed E-state index contributed by atoms with van der Waals surface area (Å²) in [6.07, 6.45) is 4.16. The molecule has 0 unspecified atom stereocenters. The maximum absolute atomic E-state index is 4.31. The van der Waals surface area contributed by atoms with Crippen LogP contribution in [0.15, 0.2) is 35.3 Å². The van der Waals surface area contributed by atoms with Crippen LogP contribution in [0.3, 0.4) is 0 Å². The van der Waals surface area contributed by atoms with Crippen molar-refractivity contribution in [2.45, 2.75) is 32.7 Å². The van der Waals surface area contributed by atoms with E-state index in [0.29, 0.717) is 6.04 Å². The molecule has 1 nitrogen and oxygen atoms in total. The lowest BCUT2D eigenvalue weighted by atomic mass is 10.1. The molecule has 0 amide bonds. The van der Waals surface area contributed by atoms with Crippen molar-refractivity contribution in [2.75, 3.05) is 0 Å². The fourth-order valence-corrected chi connectivity index (χ4v) is 1.16. The van der Waals surface area contributed by atoms with Gasteiger partial charge < -0.3 is 0 Å². The van der Waals surface area contributed by atoms with Gasteiger partial charge in [-0.3, -0.25) is 4.99 Å². The number of nitrogens with zero attached hydrogens (tertiary/aromatic N) is 1. The van der Waals surface area contributed by atoms with E-state index in [2.05, 4.69) is 43.1 Å². The highest BCUT2D eigenvalue weighted by atomic mass is 14.7. The molecule has 1 aromatic rings. The molecule has 0 spiro atoms. The molecule has 0 radical (unpaired) electrons. The molecule has 0 N–H and O–H groups in total. The van der Waals surface area contributed by atoms with E-state index in [1.165, 1.54) is 5.56 Å². The van der Waals surface area contributed by atoms with Crippen molar-refractivity contribution in [3.63, 3.8) is 0 Å². The number of hydrogen-bond acceptors (Lipinski definition) is 1. The molecule has 0 saturated carbocycles. The first-order chi connectivity index (χ1) is 6.29. The van der Waals surface area contributed by atoms with Gasteiger partial charge in [-0.05, 0) is 38.5 Å². The average molecular weight is 175 g/mol. The first-order valence-electron chi connectivity index (χ1n) is 4.84. The van der Waals surface area contributed by atoms with E-state index in [9.17, 15) is 0 Å². The number of hydrogen-bond donors (Lipinski definition) is 0. The van der Waals surface area contributed by atoms with Crippen LogP contribution in [0.4, 0.5) is 0 Å². The standard InChI is InChI=1S/C12H17N/c1-11(2)13-10-6-9-12-7-4-3-5-8-12/h3-5,7-8,10-11H,6,9H2,1-2H3. The zero-order valence-electron chi connectivity index (χ0n) is 8.40. The number of aryl methyl sites for hydroxylation is 1. The third-order valence-corrected chi connectivity index (χ3v) is 1.81. The van der Waals surface area contributed by atoms with Gasteiger partial charge in [0.25, 0.3) is 0 Å². The minimum absolute atomic E-state index is 0.427. The maximum Gasteiger partial charge on any atom is 0.0439 e. The molecule has 0 heterocycles. The Labute approximate surface area is 80.5 Å². The van der Waals surface area contributed by atoms with E-state index in [-0.39, 0.29) is 0 Å². The predicted octanol–water partition coefficient (Wildman–Crippen LogP) is 3.10. The normalized spacial score (nSPS) is 11.3. The fraction of sp³-hybridized carbons (Fsp3) is 0.417. The lowest BCUT2D eigenvalue weighted by molar-refractivity contribution is 0.834. The SMILES string of the molecule is CC(C)N=CCCc1ccccc1. The van der Waals surface area contributed by atoms with Crippen LogP contribution in [0.5, 0.6) is 0 Å². The van der Waals surface area contributed by atoms with Crippen molar-refractivity contribution >= 4 is 6.21 Å². The van der Waals surface area contributed by atoms with Gasteiger partial charge in [-0.2, -0.15) is 0 Å². The summed E-state index contributed by atoms with van der Waals surface area (Å²) in [5.74, 6) is 0. The fourth-order valence-electron chi connectivity index (χ4n) is 1.16. The molecule has 0 aliphatic rings. The summed E-state index contributed by atoms with van der Waals surface area (Å²) in [5.41, 5.74) is 1.39. The smallest absolute Gasteiger partial charge is 0.0439 e. The first-order valence-corrected chi connectivity index (χ1v) is 4.84. The van der Waals surface area contributed by atoms with Crippen LogP contribution in [0.2, 0.25) is 0 Å². The van der Waals surface area contributed by atoms with Crippen LogP contribution in [-0.2, 0) is 6.42 Å². The summed E-state index contributed by atoms with van der Waals surface area (Å²) < 4.78 is 0. The van der Waals surface area contributed by atoms with Crippen LogP contribution in [0.25, 0.3) is 0 Å². The van der Waals surface area contributed by atoms with Crippen LogP contribution >= 0.6 is 0 Å². The van der Waals surface area contributed by atoms with Gasteiger partial charge in [-0.15, -0.1) is 0 Å². The third kappa shape index (κ3) is 4.46. The molecule has 1 rings (SSSR count). The van der Waals surface area contributed by atoms with Crippen LogP contribution in [-0.4, -0.2) is 12.3 Å². The second-order valence-corrected chi connectivity index (χ2v) is 3.45. The topological polar surface area (TPSA) is 12.4 Å². The van der Waals surface area contributed by atoms with Crippen molar-refractivity contribution < 1.29 is 0 Å². The highest BCUT2D eigenvalue weighted by Crippen LogP contribution is 2.01. The Morgan fingerprint density at radius 3 is 2.54 bits per heavy atom. The van der Waals surface area contributed by atoms with E-state index >= 15 is 0 Å². The van der Waals surface area contributed by atoms with Gasteiger partial charge >= 0.3 is 0 Å². The zero-order chi connectivity index (χ0) is 9.52. The molecule has 0 saturated heterocycles. The molecular formula is C12H17N. The Morgan fingerprint density at radius 2 is 1.92 bits per heavy atom. The van der Waals surface area contributed by atoms with Crippen LogP contribution in [0, 0.1) is 0 Å². The number of benzene rings is 1.